The predicted octanol–water partition coefficient (Wildman–Crippen LogP) is 6.63. The predicted molar refractivity (Wildman–Crippen MR) is 184 cm³/mol. The molecule has 0 radical (unpaired) electrons. The number of hydrogen-bond acceptors (Lipinski definition) is 10. The fourth-order valence-corrected chi connectivity index (χ4v) is 6.66. The van der Waals surface area contributed by atoms with E-state index in [-0.39, 0.29) is 33.6 Å². The van der Waals surface area contributed by atoms with Gasteiger partial charge in [0.2, 0.25) is 15.9 Å². The topological polar surface area (TPSA) is 165 Å². The van der Waals surface area contributed by atoms with Gasteiger partial charge in [0.1, 0.15) is 4.90 Å². The molecule has 1 saturated carbocycles. The maximum atomic E-state index is 13.6. The molecule has 0 atom stereocenters. The number of carboxylic acid groups (broad SMARTS) is 1. The number of carboxylic acids is 1. The summed E-state index contributed by atoms with van der Waals surface area (Å²) in [5, 5.41) is 17.1. The van der Waals surface area contributed by atoms with Crippen LogP contribution in [0.15, 0.2) is 78.0 Å². The zero-order valence-electron chi connectivity index (χ0n) is 27.2. The van der Waals surface area contributed by atoms with Gasteiger partial charge in [-0.15, -0.1) is 0 Å². The second-order valence-electron chi connectivity index (χ2n) is 12.6. The molecule has 0 unspecified atom stereocenters. The molecule has 0 aliphatic heterocycles. The summed E-state index contributed by atoms with van der Waals surface area (Å²) in [4.78, 5) is 25.2. The average Bonchev–Trinajstić information content (AvgIpc) is 3.87. The van der Waals surface area contributed by atoms with E-state index in [1.54, 1.807) is 30.5 Å². The number of nitrogens with one attached hydrogen (secondary N) is 3. The molecule has 4 N–H and O–H groups in total. The van der Waals surface area contributed by atoms with Gasteiger partial charge < -0.3 is 25.2 Å². The van der Waals surface area contributed by atoms with Gasteiger partial charge in [0.05, 0.1) is 36.6 Å². The number of methoxy groups -OCH3 is 2. The van der Waals surface area contributed by atoms with Gasteiger partial charge in [0.15, 0.2) is 0 Å². The molecule has 5 aromatic rings. The zero-order valence-corrected chi connectivity index (χ0v) is 28.0. The van der Waals surface area contributed by atoms with E-state index < -0.39 is 16.0 Å². The number of nitrogens with zero attached hydrogens (tertiary/aromatic N) is 3. The number of hydrogen-bond donors (Lipinski definition) is 4. The summed E-state index contributed by atoms with van der Waals surface area (Å²) in [5.41, 5.74) is 4.70. The van der Waals surface area contributed by atoms with Crippen LogP contribution in [0.1, 0.15) is 49.5 Å². The van der Waals surface area contributed by atoms with Crippen LogP contribution in [0.3, 0.4) is 0 Å². The third-order valence-electron chi connectivity index (χ3n) is 7.91. The normalized spacial score (nSPS) is 13.3. The van der Waals surface area contributed by atoms with Gasteiger partial charge in [-0.25, -0.2) is 22.9 Å². The first kappa shape index (κ1) is 32.7. The van der Waals surface area contributed by atoms with E-state index in [2.05, 4.69) is 51.1 Å². The summed E-state index contributed by atoms with van der Waals surface area (Å²) in [6.45, 7) is 6.35. The molecule has 2 heterocycles. The van der Waals surface area contributed by atoms with Crippen molar-refractivity contribution in [1.29, 1.82) is 0 Å². The van der Waals surface area contributed by atoms with Crippen LogP contribution < -0.4 is 24.8 Å². The van der Waals surface area contributed by atoms with Crippen molar-refractivity contribution in [3.05, 3.63) is 84.2 Å². The van der Waals surface area contributed by atoms with Gasteiger partial charge in [0.25, 0.3) is 0 Å². The molecule has 48 heavy (non-hydrogen) atoms. The van der Waals surface area contributed by atoms with Crippen molar-refractivity contribution in [2.24, 2.45) is 0 Å². The number of rotatable bonds is 11. The fourth-order valence-electron chi connectivity index (χ4n) is 5.23. The Kier molecular flexibility index (Phi) is 8.67. The minimum Gasteiger partial charge on any atom is -0.480 e. The van der Waals surface area contributed by atoms with Crippen LogP contribution in [-0.2, 0) is 15.4 Å². The van der Waals surface area contributed by atoms with Crippen LogP contribution in [0.25, 0.3) is 22.0 Å². The number of aromatic carboxylic acids is 1. The zero-order chi connectivity index (χ0) is 34.2. The van der Waals surface area contributed by atoms with Gasteiger partial charge in [-0.3, -0.25) is 4.98 Å². The molecule has 6 rings (SSSR count). The quantitative estimate of drug-likeness (QED) is 0.119. The highest BCUT2D eigenvalue weighted by molar-refractivity contribution is 7.89. The van der Waals surface area contributed by atoms with Gasteiger partial charge in [-0.05, 0) is 65.8 Å². The van der Waals surface area contributed by atoms with E-state index in [0.717, 1.165) is 24.1 Å². The van der Waals surface area contributed by atoms with Crippen LogP contribution in [0.5, 0.6) is 11.9 Å². The van der Waals surface area contributed by atoms with Crippen LogP contribution in [-0.4, -0.2) is 54.7 Å². The Labute approximate surface area is 278 Å². The molecule has 1 aliphatic rings. The number of benzene rings is 3. The van der Waals surface area contributed by atoms with Gasteiger partial charge >= 0.3 is 12.0 Å². The monoisotopic (exact) mass is 668 g/mol. The van der Waals surface area contributed by atoms with E-state index in [9.17, 15) is 18.3 Å². The Morgan fingerprint density at radius 3 is 2.31 bits per heavy atom. The summed E-state index contributed by atoms with van der Waals surface area (Å²) < 4.78 is 40.6. The van der Waals surface area contributed by atoms with Crippen molar-refractivity contribution in [3.63, 3.8) is 0 Å². The van der Waals surface area contributed by atoms with E-state index in [0.29, 0.717) is 39.3 Å². The first-order valence-corrected chi connectivity index (χ1v) is 16.8. The second-order valence-corrected chi connectivity index (χ2v) is 14.3. The minimum absolute atomic E-state index is 0.0160. The Bertz CT molecular complexity index is 2140. The molecule has 1 fully saturated rings. The number of ether oxygens (including phenoxy) is 2. The van der Waals surface area contributed by atoms with E-state index in [4.69, 9.17) is 9.47 Å². The van der Waals surface area contributed by atoms with Gasteiger partial charge in [-0.2, -0.15) is 4.98 Å². The lowest BCUT2D eigenvalue weighted by molar-refractivity contribution is 0.0697. The number of aromatic nitrogens is 3. The fraction of sp³-hybridized carbons (Fsp3) is 0.257. The standard InChI is InChI=1S/C35H36N6O6S/c1-35(2,3)22-7-6-8-24(16-22)38-25-13-21(33(42)43)14-26(17-25)39-31-27-12-9-20(28-18-37-34(47-5)40-32(28)46-4)15-29(27)36-19-30(31)48(44,45)41-23-10-11-23/h6-9,12-19,23,38,41H,10-11H2,1-5H3,(H,36,39)(H,42,43). The summed E-state index contributed by atoms with van der Waals surface area (Å²) in [6, 6.07) is 18.0. The highest BCUT2D eigenvalue weighted by atomic mass is 32.2. The van der Waals surface area contributed by atoms with Crippen molar-refractivity contribution >= 4 is 49.6 Å². The highest BCUT2D eigenvalue weighted by Crippen LogP contribution is 2.38. The molecule has 0 saturated heterocycles. The Morgan fingerprint density at radius 2 is 1.65 bits per heavy atom. The molecular formula is C35H36N6O6S. The van der Waals surface area contributed by atoms with Crippen molar-refractivity contribution in [2.45, 2.75) is 50.0 Å². The average molecular weight is 669 g/mol. The molecule has 12 nitrogen and oxygen atoms in total. The molecule has 0 bridgehead atoms. The number of sulfonamides is 1. The van der Waals surface area contributed by atoms with Crippen molar-refractivity contribution in [3.8, 4) is 23.0 Å². The van der Waals surface area contributed by atoms with E-state index >= 15 is 0 Å². The van der Waals surface area contributed by atoms with E-state index in [1.807, 2.05) is 24.3 Å². The molecule has 2 aromatic heterocycles. The Hall–Kier alpha value is -5.27. The number of carbonyl (C=O) groups is 1. The molecule has 13 heteroatoms. The Morgan fingerprint density at radius 1 is 0.896 bits per heavy atom. The molecule has 1 aliphatic carbocycles. The maximum Gasteiger partial charge on any atom is 0.335 e. The largest absolute Gasteiger partial charge is 0.480 e. The van der Waals surface area contributed by atoms with Crippen molar-refractivity contribution in [2.75, 3.05) is 24.9 Å². The SMILES string of the molecule is COc1ncc(-c2ccc3c(Nc4cc(Nc5cccc(C(C)(C)C)c5)cc(C(=O)O)c4)c(S(=O)(=O)NC4CC4)cnc3c2)c(OC)n1. The van der Waals surface area contributed by atoms with Gasteiger partial charge in [-0.1, -0.05) is 45.0 Å². The number of fused-ring (bicyclic) bond motifs is 1. The summed E-state index contributed by atoms with van der Waals surface area (Å²) >= 11 is 0. The third-order valence-corrected chi connectivity index (χ3v) is 9.44. The Balaban J connectivity index is 1.45. The molecule has 248 valence electrons. The number of anilines is 4. The summed E-state index contributed by atoms with van der Waals surface area (Å²) in [7, 11) is -1.03. The van der Waals surface area contributed by atoms with Crippen LogP contribution >= 0.6 is 0 Å². The van der Waals surface area contributed by atoms with Crippen molar-refractivity contribution in [1.82, 2.24) is 19.7 Å². The summed E-state index contributed by atoms with van der Waals surface area (Å²) in [5.74, 6) is -0.834. The minimum atomic E-state index is -3.98. The van der Waals surface area contributed by atoms with Crippen LogP contribution in [0, 0.1) is 0 Å². The maximum absolute atomic E-state index is 13.6. The lowest BCUT2D eigenvalue weighted by Crippen LogP contribution is -2.26. The first-order valence-electron chi connectivity index (χ1n) is 15.3. The lowest BCUT2D eigenvalue weighted by Gasteiger charge is -2.20. The first-order chi connectivity index (χ1) is 22.8. The molecule has 0 amide bonds. The summed E-state index contributed by atoms with van der Waals surface area (Å²) in [6.07, 6.45) is 4.39. The third kappa shape index (κ3) is 7.02. The van der Waals surface area contributed by atoms with Crippen LogP contribution in [0.2, 0.25) is 0 Å². The van der Waals surface area contributed by atoms with E-state index in [1.165, 1.54) is 32.5 Å². The highest BCUT2D eigenvalue weighted by Gasteiger charge is 2.31. The smallest absolute Gasteiger partial charge is 0.335 e. The molecule has 3 aromatic carbocycles. The molecular weight excluding hydrogens is 632 g/mol. The van der Waals surface area contributed by atoms with Crippen LogP contribution in [0.4, 0.5) is 22.7 Å². The second kappa shape index (κ2) is 12.7. The number of pyridine rings is 1. The molecule has 0 spiro atoms. The van der Waals surface area contributed by atoms with Crippen molar-refractivity contribution < 1.29 is 27.8 Å². The lowest BCUT2D eigenvalue weighted by atomic mass is 9.87. The van der Waals surface area contributed by atoms with Gasteiger partial charge in [0, 0.05) is 40.9 Å².